The van der Waals surface area contributed by atoms with Gasteiger partial charge in [-0.1, -0.05) is 166 Å². The molecule has 338 valence electrons. The van der Waals surface area contributed by atoms with Crippen LogP contribution in [0, 0.1) is 0 Å². The van der Waals surface area contributed by atoms with E-state index in [-0.39, 0.29) is 5.41 Å². The third-order valence-electron chi connectivity index (χ3n) is 15.8. The monoisotopic (exact) mass is 917 g/mol. The highest BCUT2D eigenvalue weighted by Crippen LogP contribution is 2.52. The summed E-state index contributed by atoms with van der Waals surface area (Å²) >= 11 is 0. The van der Waals surface area contributed by atoms with Crippen molar-refractivity contribution < 1.29 is 0 Å². The van der Waals surface area contributed by atoms with Crippen molar-refractivity contribution in [3.05, 3.63) is 260 Å². The zero-order chi connectivity index (χ0) is 47.7. The van der Waals surface area contributed by atoms with Crippen molar-refractivity contribution in [1.82, 2.24) is 8.97 Å². The highest BCUT2D eigenvalue weighted by atomic mass is 15.1. The molecule has 0 aliphatic heterocycles. The molecule has 3 heteroatoms. The fourth-order valence-electron chi connectivity index (χ4n) is 12.4. The summed E-state index contributed by atoms with van der Waals surface area (Å²) in [5, 5.41) is 7.71. The molecule has 15 rings (SSSR count). The van der Waals surface area contributed by atoms with E-state index in [4.69, 9.17) is 0 Å². The molecule has 0 amide bonds. The van der Waals surface area contributed by atoms with E-state index in [1.807, 2.05) is 0 Å². The van der Waals surface area contributed by atoms with Crippen LogP contribution in [0.2, 0.25) is 0 Å². The number of fused-ring (bicyclic) bond motifs is 12. The van der Waals surface area contributed by atoms with Crippen LogP contribution in [0.15, 0.2) is 249 Å². The summed E-state index contributed by atoms with van der Waals surface area (Å²) < 4.78 is 4.84. The van der Waals surface area contributed by atoms with E-state index in [2.05, 4.69) is 276 Å². The Bertz CT molecular complexity index is 4360. The standard InChI is InChI=1S/C69H47N3/c1-69(2)62-42-48(49-40-60-57-20-10-13-23-65(57)72-66-24-14-11-21-58(66)61(41-49)68(60)72)29-36-54(62)55-37-35-53(43-63(55)69)70(51-31-25-45(26-32-51)44-15-5-3-6-16-44)52-33-27-46(28-34-52)47-30-38-67-59(39-47)56-19-9-12-22-64(56)71(67)50-17-7-4-8-18-50/h3-43H,1-2H3. The second kappa shape index (κ2) is 15.4. The summed E-state index contributed by atoms with van der Waals surface area (Å²) in [7, 11) is 0. The van der Waals surface area contributed by atoms with E-state index in [9.17, 15) is 0 Å². The molecule has 3 nitrogen and oxygen atoms in total. The lowest BCUT2D eigenvalue weighted by Gasteiger charge is -2.28. The first-order valence-corrected chi connectivity index (χ1v) is 25.1. The number of hydrogen-bond donors (Lipinski definition) is 0. The van der Waals surface area contributed by atoms with E-state index in [1.54, 1.807) is 0 Å². The molecule has 0 unspecified atom stereocenters. The van der Waals surface area contributed by atoms with Crippen molar-refractivity contribution in [2.45, 2.75) is 19.3 Å². The fraction of sp³-hybridized carbons (Fsp3) is 0.0435. The molecule has 0 spiro atoms. The molecule has 1 aliphatic rings. The Morgan fingerprint density at radius 2 is 0.736 bits per heavy atom. The molecule has 14 aromatic rings. The van der Waals surface area contributed by atoms with Crippen molar-refractivity contribution in [1.29, 1.82) is 0 Å². The van der Waals surface area contributed by atoms with E-state index in [1.165, 1.54) is 121 Å². The van der Waals surface area contributed by atoms with Crippen LogP contribution in [0.4, 0.5) is 17.1 Å². The topological polar surface area (TPSA) is 12.6 Å². The summed E-state index contributed by atoms with van der Waals surface area (Å²) in [6.45, 7) is 4.81. The Balaban J connectivity index is 0.822. The van der Waals surface area contributed by atoms with Gasteiger partial charge in [0.2, 0.25) is 0 Å². The third kappa shape index (κ3) is 5.98. The van der Waals surface area contributed by atoms with Gasteiger partial charge in [0, 0.05) is 60.5 Å². The van der Waals surface area contributed by atoms with E-state index < -0.39 is 0 Å². The molecule has 0 radical (unpaired) electrons. The maximum Gasteiger partial charge on any atom is 0.0620 e. The third-order valence-corrected chi connectivity index (χ3v) is 15.8. The molecular weight excluding hydrogens is 871 g/mol. The smallest absolute Gasteiger partial charge is 0.0620 e. The summed E-state index contributed by atoms with van der Waals surface area (Å²) in [5.41, 5.74) is 23.1. The highest BCUT2D eigenvalue weighted by molar-refractivity contribution is 6.24. The van der Waals surface area contributed by atoms with Gasteiger partial charge in [-0.05, 0) is 153 Å². The summed E-state index contributed by atoms with van der Waals surface area (Å²) in [6.07, 6.45) is 0. The zero-order valence-electron chi connectivity index (χ0n) is 40.0. The Hall–Kier alpha value is -9.18. The molecule has 3 aromatic heterocycles. The summed E-state index contributed by atoms with van der Waals surface area (Å²) in [6, 6.07) is 92.0. The Morgan fingerprint density at radius 3 is 1.38 bits per heavy atom. The van der Waals surface area contributed by atoms with E-state index >= 15 is 0 Å². The molecule has 3 heterocycles. The first-order chi connectivity index (χ1) is 35.5. The number of benzene rings is 11. The van der Waals surface area contributed by atoms with Crippen LogP contribution in [0.5, 0.6) is 0 Å². The number of hydrogen-bond acceptors (Lipinski definition) is 1. The minimum Gasteiger partial charge on any atom is -0.310 e. The molecular formula is C69H47N3. The molecule has 72 heavy (non-hydrogen) atoms. The van der Waals surface area contributed by atoms with E-state index in [0.717, 1.165) is 17.1 Å². The van der Waals surface area contributed by atoms with Crippen molar-refractivity contribution in [2.75, 3.05) is 4.90 Å². The van der Waals surface area contributed by atoms with Crippen LogP contribution >= 0.6 is 0 Å². The Labute approximate surface area is 418 Å². The molecule has 0 atom stereocenters. The first kappa shape index (κ1) is 40.7. The Morgan fingerprint density at radius 1 is 0.306 bits per heavy atom. The van der Waals surface area contributed by atoms with Gasteiger partial charge in [0.25, 0.3) is 0 Å². The van der Waals surface area contributed by atoms with E-state index in [0.29, 0.717) is 0 Å². The molecule has 0 N–H and O–H groups in total. The quantitative estimate of drug-likeness (QED) is 0.155. The van der Waals surface area contributed by atoms with Crippen LogP contribution < -0.4 is 4.90 Å². The highest BCUT2D eigenvalue weighted by Gasteiger charge is 2.36. The molecule has 11 aromatic carbocycles. The number of aromatic nitrogens is 2. The average Bonchev–Trinajstić information content (AvgIpc) is 4.14. The van der Waals surface area contributed by atoms with Crippen LogP contribution in [0.25, 0.3) is 110 Å². The fourth-order valence-corrected chi connectivity index (χ4v) is 12.4. The minimum absolute atomic E-state index is 0.241. The second-order valence-corrected chi connectivity index (χ2v) is 20.1. The molecule has 0 saturated heterocycles. The van der Waals surface area contributed by atoms with Gasteiger partial charge in [0.05, 0.1) is 27.6 Å². The van der Waals surface area contributed by atoms with Gasteiger partial charge in [0.1, 0.15) is 0 Å². The SMILES string of the molecule is CC1(C)c2cc(-c3cc4c5ccccc5n5c6ccccc6c(c3)c45)ccc2-c2ccc(N(c3ccc(-c4ccccc4)cc3)c3ccc(-c4ccc5c(c4)c4ccccc4n5-c4ccccc4)cc3)cc21. The number of anilines is 3. The number of rotatable bonds is 7. The van der Waals surface area contributed by atoms with Gasteiger partial charge in [0.15, 0.2) is 0 Å². The number of para-hydroxylation sites is 4. The molecule has 0 fully saturated rings. The minimum atomic E-state index is -0.241. The van der Waals surface area contributed by atoms with Crippen molar-refractivity contribution in [3.8, 4) is 50.2 Å². The van der Waals surface area contributed by atoms with Crippen molar-refractivity contribution >= 4 is 77.0 Å². The summed E-state index contributed by atoms with van der Waals surface area (Å²) in [5.74, 6) is 0. The van der Waals surface area contributed by atoms with Crippen LogP contribution in [0.1, 0.15) is 25.0 Å². The second-order valence-electron chi connectivity index (χ2n) is 20.1. The van der Waals surface area contributed by atoms with Gasteiger partial charge in [-0.2, -0.15) is 0 Å². The van der Waals surface area contributed by atoms with Crippen molar-refractivity contribution in [2.24, 2.45) is 0 Å². The van der Waals surface area contributed by atoms with Crippen molar-refractivity contribution in [3.63, 3.8) is 0 Å². The molecule has 1 aliphatic carbocycles. The number of nitrogens with zero attached hydrogens (tertiary/aromatic N) is 3. The maximum atomic E-state index is 2.47. The zero-order valence-corrected chi connectivity index (χ0v) is 40.0. The lowest BCUT2D eigenvalue weighted by atomic mass is 9.81. The lowest BCUT2D eigenvalue weighted by molar-refractivity contribution is 0.660. The predicted molar refractivity (Wildman–Crippen MR) is 304 cm³/mol. The Kier molecular flexibility index (Phi) is 8.71. The predicted octanol–water partition coefficient (Wildman–Crippen LogP) is 18.7. The molecule has 0 bridgehead atoms. The maximum absolute atomic E-state index is 2.47. The first-order valence-electron chi connectivity index (χ1n) is 25.1. The van der Waals surface area contributed by atoms with Gasteiger partial charge in [-0.25, -0.2) is 0 Å². The molecule has 0 saturated carbocycles. The summed E-state index contributed by atoms with van der Waals surface area (Å²) in [4.78, 5) is 2.42. The lowest BCUT2D eigenvalue weighted by Crippen LogP contribution is -2.16. The van der Waals surface area contributed by atoms with Crippen LogP contribution in [-0.4, -0.2) is 8.97 Å². The van der Waals surface area contributed by atoms with Gasteiger partial charge < -0.3 is 13.9 Å². The largest absolute Gasteiger partial charge is 0.310 e. The normalized spacial score (nSPS) is 13.0. The van der Waals surface area contributed by atoms with Gasteiger partial charge >= 0.3 is 0 Å². The van der Waals surface area contributed by atoms with Gasteiger partial charge in [-0.3, -0.25) is 0 Å². The van der Waals surface area contributed by atoms with Crippen LogP contribution in [-0.2, 0) is 5.41 Å². The average molecular weight is 918 g/mol. The van der Waals surface area contributed by atoms with Gasteiger partial charge in [-0.15, -0.1) is 0 Å². The van der Waals surface area contributed by atoms with Crippen LogP contribution in [0.3, 0.4) is 0 Å².